The summed E-state index contributed by atoms with van der Waals surface area (Å²) in [6.07, 6.45) is 0. The standard InChI is InChI=1S/C21H26ClN3O4/c1-5-25(12-20(26)23-16-8-6-7-9-18(16)28-3)13-21(27)24-17-10-14(2)15(22)11-19(17)29-4/h6-11H,5,12-13H2,1-4H3,(H,23,26)(H,24,27). The van der Waals surface area contributed by atoms with Crippen LogP contribution in [-0.2, 0) is 9.59 Å². The molecule has 0 aliphatic heterocycles. The monoisotopic (exact) mass is 419 g/mol. The van der Waals surface area contributed by atoms with Crippen LogP contribution >= 0.6 is 11.6 Å². The highest BCUT2D eigenvalue weighted by atomic mass is 35.5. The van der Waals surface area contributed by atoms with Crippen molar-refractivity contribution in [1.29, 1.82) is 0 Å². The van der Waals surface area contributed by atoms with Crippen molar-refractivity contribution in [1.82, 2.24) is 4.90 Å². The third kappa shape index (κ3) is 6.37. The van der Waals surface area contributed by atoms with Crippen LogP contribution in [0.2, 0.25) is 5.02 Å². The van der Waals surface area contributed by atoms with E-state index in [9.17, 15) is 9.59 Å². The molecule has 2 rings (SSSR count). The van der Waals surface area contributed by atoms with Gasteiger partial charge in [-0.1, -0.05) is 30.7 Å². The maximum absolute atomic E-state index is 12.5. The molecule has 0 heterocycles. The van der Waals surface area contributed by atoms with Crippen molar-refractivity contribution in [3.63, 3.8) is 0 Å². The molecule has 0 radical (unpaired) electrons. The summed E-state index contributed by atoms with van der Waals surface area (Å²) in [5.41, 5.74) is 1.95. The SMILES string of the molecule is CCN(CC(=O)Nc1ccccc1OC)CC(=O)Nc1cc(C)c(Cl)cc1OC. The molecule has 0 fully saturated rings. The number of ether oxygens (including phenoxy) is 2. The van der Waals surface area contributed by atoms with Gasteiger partial charge < -0.3 is 20.1 Å². The average Bonchev–Trinajstić information content (AvgIpc) is 2.70. The van der Waals surface area contributed by atoms with Crippen molar-refractivity contribution >= 4 is 34.8 Å². The number of rotatable bonds is 9. The highest BCUT2D eigenvalue weighted by Gasteiger charge is 2.16. The molecule has 0 aromatic heterocycles. The van der Waals surface area contributed by atoms with E-state index in [-0.39, 0.29) is 24.9 Å². The Kier molecular flexibility index (Phi) is 8.30. The lowest BCUT2D eigenvalue weighted by Gasteiger charge is -2.20. The second-order valence-corrected chi connectivity index (χ2v) is 6.81. The highest BCUT2D eigenvalue weighted by Crippen LogP contribution is 2.30. The van der Waals surface area contributed by atoms with Gasteiger partial charge in [0.2, 0.25) is 11.8 Å². The fourth-order valence-corrected chi connectivity index (χ4v) is 2.90. The molecule has 0 saturated heterocycles. The molecule has 8 heteroatoms. The van der Waals surface area contributed by atoms with E-state index in [1.807, 2.05) is 26.0 Å². The summed E-state index contributed by atoms with van der Waals surface area (Å²) in [6.45, 7) is 4.39. The van der Waals surface area contributed by atoms with Crippen LogP contribution in [0.15, 0.2) is 36.4 Å². The third-order valence-electron chi connectivity index (χ3n) is 4.32. The summed E-state index contributed by atoms with van der Waals surface area (Å²) >= 11 is 6.10. The number of nitrogens with zero attached hydrogens (tertiary/aromatic N) is 1. The van der Waals surface area contributed by atoms with E-state index in [0.717, 1.165) is 5.56 Å². The molecule has 2 amide bonds. The second kappa shape index (κ2) is 10.7. The Labute approximate surface area is 175 Å². The van der Waals surface area contributed by atoms with Gasteiger partial charge in [-0.05, 0) is 37.2 Å². The lowest BCUT2D eigenvalue weighted by molar-refractivity contribution is -0.119. The minimum atomic E-state index is -0.253. The molecule has 2 aromatic carbocycles. The number of likely N-dealkylation sites (N-methyl/N-ethyl adjacent to an activating group) is 1. The van der Waals surface area contributed by atoms with Crippen molar-refractivity contribution in [2.24, 2.45) is 0 Å². The minimum Gasteiger partial charge on any atom is -0.495 e. The molecule has 2 N–H and O–H groups in total. The van der Waals surface area contributed by atoms with Gasteiger partial charge in [0.05, 0.1) is 38.7 Å². The van der Waals surface area contributed by atoms with Crippen LogP contribution in [0.1, 0.15) is 12.5 Å². The average molecular weight is 420 g/mol. The first-order valence-corrected chi connectivity index (χ1v) is 9.54. The summed E-state index contributed by atoms with van der Waals surface area (Å²) < 4.78 is 10.5. The van der Waals surface area contributed by atoms with Crippen LogP contribution in [0.25, 0.3) is 0 Å². The molecule has 0 unspecified atom stereocenters. The van der Waals surface area contributed by atoms with Crippen molar-refractivity contribution < 1.29 is 19.1 Å². The summed E-state index contributed by atoms with van der Waals surface area (Å²) in [4.78, 5) is 26.6. The lowest BCUT2D eigenvalue weighted by Crippen LogP contribution is -2.38. The van der Waals surface area contributed by atoms with Gasteiger partial charge in [0, 0.05) is 11.1 Å². The molecule has 7 nitrogen and oxygen atoms in total. The van der Waals surface area contributed by atoms with Gasteiger partial charge in [0.15, 0.2) is 0 Å². The normalized spacial score (nSPS) is 10.6. The molecule has 0 aliphatic carbocycles. The number of hydrogen-bond acceptors (Lipinski definition) is 5. The van der Waals surface area contributed by atoms with Crippen LogP contribution < -0.4 is 20.1 Å². The number of carbonyl (C=O) groups excluding carboxylic acids is 2. The Morgan fingerprint density at radius 3 is 2.14 bits per heavy atom. The van der Waals surface area contributed by atoms with Gasteiger partial charge in [-0.3, -0.25) is 14.5 Å². The molecular weight excluding hydrogens is 394 g/mol. The van der Waals surface area contributed by atoms with Crippen molar-refractivity contribution in [2.75, 3.05) is 44.5 Å². The Balaban J connectivity index is 1.98. The largest absolute Gasteiger partial charge is 0.495 e. The van der Waals surface area contributed by atoms with Gasteiger partial charge in [-0.2, -0.15) is 0 Å². The molecular formula is C21H26ClN3O4. The Morgan fingerprint density at radius 1 is 0.966 bits per heavy atom. The van der Waals surface area contributed by atoms with Crippen molar-refractivity contribution in [2.45, 2.75) is 13.8 Å². The molecule has 0 saturated carbocycles. The Morgan fingerprint density at radius 2 is 1.55 bits per heavy atom. The summed E-state index contributed by atoms with van der Waals surface area (Å²) in [6, 6.07) is 10.6. The number of carbonyl (C=O) groups is 2. The second-order valence-electron chi connectivity index (χ2n) is 6.40. The summed E-state index contributed by atoms with van der Waals surface area (Å²) in [5, 5.41) is 6.19. The van der Waals surface area contributed by atoms with E-state index in [0.29, 0.717) is 34.4 Å². The minimum absolute atomic E-state index is 0.0562. The first-order valence-electron chi connectivity index (χ1n) is 9.17. The van der Waals surface area contributed by atoms with Crippen LogP contribution in [0, 0.1) is 6.92 Å². The smallest absolute Gasteiger partial charge is 0.238 e. The lowest BCUT2D eigenvalue weighted by atomic mass is 10.2. The zero-order valence-corrected chi connectivity index (χ0v) is 17.8. The number of hydrogen-bond donors (Lipinski definition) is 2. The van der Waals surface area contributed by atoms with Gasteiger partial charge in [0.1, 0.15) is 11.5 Å². The number of halogens is 1. The van der Waals surface area contributed by atoms with E-state index in [2.05, 4.69) is 10.6 Å². The van der Waals surface area contributed by atoms with E-state index >= 15 is 0 Å². The Hall–Kier alpha value is -2.77. The van der Waals surface area contributed by atoms with E-state index in [1.54, 1.807) is 36.3 Å². The van der Waals surface area contributed by atoms with Crippen LogP contribution in [0.5, 0.6) is 11.5 Å². The molecule has 2 aromatic rings. The molecule has 0 bridgehead atoms. The molecule has 0 atom stereocenters. The van der Waals surface area contributed by atoms with E-state index in [4.69, 9.17) is 21.1 Å². The van der Waals surface area contributed by atoms with Crippen molar-refractivity contribution in [3.05, 3.63) is 47.0 Å². The van der Waals surface area contributed by atoms with Crippen molar-refractivity contribution in [3.8, 4) is 11.5 Å². The number of anilines is 2. The number of amides is 2. The van der Waals surface area contributed by atoms with Gasteiger partial charge in [0.25, 0.3) is 0 Å². The fourth-order valence-electron chi connectivity index (χ4n) is 2.74. The van der Waals surface area contributed by atoms with Gasteiger partial charge >= 0.3 is 0 Å². The first kappa shape index (κ1) is 22.5. The fraction of sp³-hybridized carbons (Fsp3) is 0.333. The summed E-state index contributed by atoms with van der Waals surface area (Å²) in [7, 11) is 3.05. The van der Waals surface area contributed by atoms with Crippen LogP contribution in [0.3, 0.4) is 0 Å². The first-order chi connectivity index (χ1) is 13.9. The number of benzene rings is 2. The van der Waals surface area contributed by atoms with Crippen LogP contribution in [0.4, 0.5) is 11.4 Å². The highest BCUT2D eigenvalue weighted by molar-refractivity contribution is 6.31. The van der Waals surface area contributed by atoms with Gasteiger partial charge in [-0.15, -0.1) is 0 Å². The van der Waals surface area contributed by atoms with E-state index in [1.165, 1.54) is 7.11 Å². The quantitative estimate of drug-likeness (QED) is 0.649. The molecule has 0 aliphatic rings. The number of para-hydroxylation sites is 2. The number of methoxy groups -OCH3 is 2. The predicted octanol–water partition coefficient (Wildman–Crippen LogP) is 3.56. The maximum atomic E-state index is 12.5. The maximum Gasteiger partial charge on any atom is 0.238 e. The predicted molar refractivity (Wildman–Crippen MR) is 115 cm³/mol. The molecule has 156 valence electrons. The molecule has 29 heavy (non-hydrogen) atoms. The zero-order valence-electron chi connectivity index (χ0n) is 17.0. The Bertz CT molecular complexity index is 873. The number of nitrogens with one attached hydrogen (secondary N) is 2. The summed E-state index contributed by atoms with van der Waals surface area (Å²) in [5.74, 6) is 0.568. The zero-order chi connectivity index (χ0) is 21.4. The number of aryl methyl sites for hydroxylation is 1. The van der Waals surface area contributed by atoms with Gasteiger partial charge in [-0.25, -0.2) is 0 Å². The topological polar surface area (TPSA) is 79.9 Å². The third-order valence-corrected chi connectivity index (χ3v) is 4.72. The van der Waals surface area contributed by atoms with E-state index < -0.39 is 0 Å². The van der Waals surface area contributed by atoms with Crippen LogP contribution in [-0.4, -0.2) is 50.6 Å². The molecule has 0 spiro atoms.